The molecule has 0 aromatic heterocycles. The lowest BCUT2D eigenvalue weighted by atomic mass is 9.90. The van der Waals surface area contributed by atoms with Crippen molar-refractivity contribution in [3.8, 4) is 11.5 Å². The lowest BCUT2D eigenvalue weighted by Crippen LogP contribution is -2.09. The molecule has 3 heteroatoms. The molecule has 3 atom stereocenters. The Morgan fingerprint density at radius 2 is 1.89 bits per heavy atom. The highest BCUT2D eigenvalue weighted by atomic mass is 35.5. The van der Waals surface area contributed by atoms with E-state index in [4.69, 9.17) is 21.1 Å². The lowest BCUT2D eigenvalue weighted by molar-refractivity contribution is 0.297. The number of hydrogen-bond donors (Lipinski definition) is 0. The van der Waals surface area contributed by atoms with E-state index in [1.54, 1.807) is 0 Å². The van der Waals surface area contributed by atoms with Crippen LogP contribution in [0, 0.1) is 5.92 Å². The normalized spacial score (nSPS) is 31.1. The Morgan fingerprint density at radius 3 is 2.61 bits per heavy atom. The van der Waals surface area contributed by atoms with Crippen LogP contribution in [-0.2, 0) is 0 Å². The molecule has 1 aliphatic carbocycles. The number of hydrogen-bond acceptors (Lipinski definition) is 2. The van der Waals surface area contributed by atoms with Crippen LogP contribution in [0.5, 0.6) is 11.5 Å². The zero-order valence-electron chi connectivity index (χ0n) is 10.7. The molecule has 0 radical (unpaired) electrons. The number of rotatable bonds is 1. The topological polar surface area (TPSA) is 18.5 Å². The summed E-state index contributed by atoms with van der Waals surface area (Å²) in [5.74, 6) is 2.88. The molecule has 0 spiro atoms. The Balaban J connectivity index is 1.87. The molecule has 0 bridgehead atoms. The van der Waals surface area contributed by atoms with Gasteiger partial charge in [-0.3, -0.25) is 0 Å². The molecule has 2 nitrogen and oxygen atoms in total. The highest BCUT2D eigenvalue weighted by molar-refractivity contribution is 6.21. The van der Waals surface area contributed by atoms with E-state index in [9.17, 15) is 0 Å². The van der Waals surface area contributed by atoms with Crippen molar-refractivity contribution >= 4 is 11.6 Å². The van der Waals surface area contributed by atoms with E-state index in [2.05, 4.69) is 19.1 Å². The van der Waals surface area contributed by atoms with E-state index in [1.807, 2.05) is 6.07 Å². The molecule has 1 aromatic carbocycles. The maximum atomic E-state index is 6.32. The standard InChI is InChI=1S/C15H19ClO2/c1-10-12(4-5-13(10)16)11-3-6-14-15(9-11)18-8-2-7-17-14/h3,6,9-10,12-13H,2,4-5,7-8H2,1H3. The van der Waals surface area contributed by atoms with Gasteiger partial charge in [-0.15, -0.1) is 11.6 Å². The van der Waals surface area contributed by atoms with Gasteiger partial charge in [0.25, 0.3) is 0 Å². The fraction of sp³-hybridized carbons (Fsp3) is 0.600. The maximum Gasteiger partial charge on any atom is 0.161 e. The van der Waals surface area contributed by atoms with Crippen molar-refractivity contribution in [3.05, 3.63) is 23.8 Å². The van der Waals surface area contributed by atoms with Crippen molar-refractivity contribution in [3.63, 3.8) is 0 Å². The monoisotopic (exact) mass is 266 g/mol. The average molecular weight is 267 g/mol. The van der Waals surface area contributed by atoms with Crippen LogP contribution in [0.25, 0.3) is 0 Å². The minimum absolute atomic E-state index is 0.311. The van der Waals surface area contributed by atoms with Crippen molar-refractivity contribution in [2.24, 2.45) is 5.92 Å². The van der Waals surface area contributed by atoms with Crippen molar-refractivity contribution in [2.75, 3.05) is 13.2 Å². The van der Waals surface area contributed by atoms with Gasteiger partial charge in [0.2, 0.25) is 0 Å². The van der Waals surface area contributed by atoms with Crippen LogP contribution in [0.4, 0.5) is 0 Å². The van der Waals surface area contributed by atoms with Gasteiger partial charge in [0.1, 0.15) is 0 Å². The zero-order valence-corrected chi connectivity index (χ0v) is 11.5. The van der Waals surface area contributed by atoms with Gasteiger partial charge in [-0.25, -0.2) is 0 Å². The molecular formula is C15H19ClO2. The Bertz CT molecular complexity index is 433. The van der Waals surface area contributed by atoms with Gasteiger partial charge in [-0.1, -0.05) is 13.0 Å². The van der Waals surface area contributed by atoms with E-state index in [-0.39, 0.29) is 0 Å². The first-order valence-corrected chi connectivity index (χ1v) is 7.23. The number of halogens is 1. The summed E-state index contributed by atoms with van der Waals surface area (Å²) in [5, 5.41) is 0.311. The van der Waals surface area contributed by atoms with Gasteiger partial charge in [0.05, 0.1) is 13.2 Å². The highest BCUT2D eigenvalue weighted by Gasteiger charge is 2.32. The molecule has 18 heavy (non-hydrogen) atoms. The van der Waals surface area contributed by atoms with Crippen LogP contribution < -0.4 is 9.47 Å². The smallest absolute Gasteiger partial charge is 0.161 e. The van der Waals surface area contributed by atoms with Crippen LogP contribution in [0.2, 0.25) is 0 Å². The van der Waals surface area contributed by atoms with Crippen LogP contribution in [-0.4, -0.2) is 18.6 Å². The summed E-state index contributed by atoms with van der Waals surface area (Å²) >= 11 is 6.32. The van der Waals surface area contributed by atoms with Crippen molar-refractivity contribution < 1.29 is 9.47 Å². The Morgan fingerprint density at radius 1 is 1.11 bits per heavy atom. The molecular weight excluding hydrogens is 248 g/mol. The molecule has 3 unspecified atom stereocenters. The molecule has 0 saturated heterocycles. The predicted octanol–water partition coefficient (Wildman–Crippen LogP) is 3.97. The minimum Gasteiger partial charge on any atom is -0.490 e. The van der Waals surface area contributed by atoms with E-state index >= 15 is 0 Å². The molecule has 3 rings (SSSR count). The zero-order chi connectivity index (χ0) is 12.5. The molecule has 1 heterocycles. The number of ether oxygens (including phenoxy) is 2. The lowest BCUT2D eigenvalue weighted by Gasteiger charge is -2.19. The van der Waals surface area contributed by atoms with Gasteiger partial charge in [0.15, 0.2) is 11.5 Å². The molecule has 1 aromatic rings. The van der Waals surface area contributed by atoms with Gasteiger partial charge < -0.3 is 9.47 Å². The largest absolute Gasteiger partial charge is 0.490 e. The predicted molar refractivity (Wildman–Crippen MR) is 72.8 cm³/mol. The van der Waals surface area contributed by atoms with Crippen LogP contribution in [0.1, 0.15) is 37.7 Å². The summed E-state index contributed by atoms with van der Waals surface area (Å²) in [6.45, 7) is 3.74. The molecule has 98 valence electrons. The first kappa shape index (κ1) is 12.2. The van der Waals surface area contributed by atoms with Gasteiger partial charge in [-0.05, 0) is 42.4 Å². The summed E-state index contributed by atoms with van der Waals surface area (Å²) in [6, 6.07) is 6.37. The van der Waals surface area contributed by atoms with Crippen molar-refractivity contribution in [1.82, 2.24) is 0 Å². The van der Waals surface area contributed by atoms with Crippen LogP contribution >= 0.6 is 11.6 Å². The van der Waals surface area contributed by atoms with Crippen molar-refractivity contribution in [1.29, 1.82) is 0 Å². The van der Waals surface area contributed by atoms with Crippen LogP contribution in [0.3, 0.4) is 0 Å². The Labute approximate surface area is 113 Å². The minimum atomic E-state index is 0.311. The quantitative estimate of drug-likeness (QED) is 0.716. The third-order valence-corrected chi connectivity index (χ3v) is 4.77. The molecule has 0 N–H and O–H groups in total. The van der Waals surface area contributed by atoms with Crippen molar-refractivity contribution in [2.45, 2.75) is 37.5 Å². The molecule has 1 aliphatic heterocycles. The first-order valence-electron chi connectivity index (χ1n) is 6.79. The Kier molecular flexibility index (Phi) is 3.38. The third kappa shape index (κ3) is 2.18. The van der Waals surface area contributed by atoms with Gasteiger partial charge >= 0.3 is 0 Å². The van der Waals surface area contributed by atoms with Crippen LogP contribution in [0.15, 0.2) is 18.2 Å². The van der Waals surface area contributed by atoms with E-state index in [1.165, 1.54) is 12.0 Å². The number of benzene rings is 1. The fourth-order valence-corrected chi connectivity index (χ4v) is 3.30. The summed E-state index contributed by atoms with van der Waals surface area (Å²) in [5.41, 5.74) is 1.34. The second kappa shape index (κ2) is 5.00. The molecule has 1 saturated carbocycles. The third-order valence-electron chi connectivity index (χ3n) is 4.16. The SMILES string of the molecule is CC1C(Cl)CCC1c1ccc2c(c1)OCCCO2. The number of alkyl halides is 1. The summed E-state index contributed by atoms with van der Waals surface area (Å²) < 4.78 is 11.4. The summed E-state index contributed by atoms with van der Waals surface area (Å²) in [6.07, 6.45) is 3.24. The second-order valence-corrected chi connectivity index (χ2v) is 5.88. The van der Waals surface area contributed by atoms with E-state index in [0.29, 0.717) is 17.2 Å². The average Bonchev–Trinajstić information content (AvgIpc) is 2.61. The highest BCUT2D eigenvalue weighted by Crippen LogP contribution is 2.44. The summed E-state index contributed by atoms with van der Waals surface area (Å²) in [4.78, 5) is 0. The van der Waals surface area contributed by atoms with Gasteiger partial charge in [0, 0.05) is 11.8 Å². The Hall–Kier alpha value is -0.890. The molecule has 2 aliphatic rings. The second-order valence-electron chi connectivity index (χ2n) is 5.32. The van der Waals surface area contributed by atoms with Gasteiger partial charge in [-0.2, -0.15) is 0 Å². The summed E-state index contributed by atoms with van der Waals surface area (Å²) in [7, 11) is 0. The van der Waals surface area contributed by atoms with E-state index in [0.717, 1.165) is 37.6 Å². The molecule has 0 amide bonds. The first-order chi connectivity index (χ1) is 8.75. The fourth-order valence-electron chi connectivity index (χ4n) is 3.00. The molecule has 1 fully saturated rings. The number of fused-ring (bicyclic) bond motifs is 1. The van der Waals surface area contributed by atoms with E-state index < -0.39 is 0 Å². The maximum absolute atomic E-state index is 6.32.